The minimum absolute atomic E-state index is 0.566. The van der Waals surface area contributed by atoms with Gasteiger partial charge in [-0.25, -0.2) is 4.98 Å². The van der Waals surface area contributed by atoms with Gasteiger partial charge in [-0.05, 0) is 12.8 Å². The van der Waals surface area contributed by atoms with Crippen LogP contribution in [-0.2, 0) is 13.6 Å². The maximum atomic E-state index is 4.30. The smallest absolute Gasteiger partial charge is 0.122 e. The van der Waals surface area contributed by atoms with Crippen molar-refractivity contribution < 1.29 is 0 Å². The molecule has 0 spiro atoms. The second kappa shape index (κ2) is 5.91. The lowest BCUT2D eigenvalue weighted by molar-refractivity contribution is 0.349. The van der Waals surface area contributed by atoms with Crippen LogP contribution in [0.1, 0.15) is 39.4 Å². The third-order valence-corrected chi connectivity index (χ3v) is 3.26. The van der Waals surface area contributed by atoms with Crippen LogP contribution in [0.5, 0.6) is 0 Å². The van der Waals surface area contributed by atoms with Gasteiger partial charge < -0.3 is 9.88 Å². The average molecular weight is 209 g/mol. The van der Waals surface area contributed by atoms with Crippen molar-refractivity contribution in [1.82, 2.24) is 14.9 Å². The summed E-state index contributed by atoms with van der Waals surface area (Å²) >= 11 is 0. The highest BCUT2D eigenvalue weighted by Crippen LogP contribution is 2.12. The minimum atomic E-state index is 0.566. The average Bonchev–Trinajstić information content (AvgIpc) is 2.63. The third-order valence-electron chi connectivity index (χ3n) is 3.26. The van der Waals surface area contributed by atoms with Crippen LogP contribution in [0, 0.1) is 5.92 Å². The van der Waals surface area contributed by atoms with E-state index in [0.717, 1.165) is 18.3 Å². The van der Waals surface area contributed by atoms with E-state index in [-0.39, 0.29) is 0 Å². The first kappa shape index (κ1) is 12.2. The predicted octanol–water partition coefficient (Wildman–Crippen LogP) is 2.33. The molecule has 1 aromatic rings. The summed E-state index contributed by atoms with van der Waals surface area (Å²) in [6.07, 6.45) is 6.31. The molecular weight excluding hydrogens is 186 g/mol. The van der Waals surface area contributed by atoms with Gasteiger partial charge in [-0.3, -0.25) is 0 Å². The topological polar surface area (TPSA) is 29.9 Å². The van der Waals surface area contributed by atoms with Crippen LogP contribution < -0.4 is 5.32 Å². The largest absolute Gasteiger partial charge is 0.337 e. The van der Waals surface area contributed by atoms with Gasteiger partial charge in [0.15, 0.2) is 0 Å². The number of nitrogens with zero attached hydrogens (tertiary/aromatic N) is 2. The van der Waals surface area contributed by atoms with Gasteiger partial charge >= 0.3 is 0 Å². The van der Waals surface area contributed by atoms with E-state index >= 15 is 0 Å². The minimum Gasteiger partial charge on any atom is -0.337 e. The van der Waals surface area contributed by atoms with E-state index in [0.29, 0.717) is 6.04 Å². The summed E-state index contributed by atoms with van der Waals surface area (Å²) < 4.78 is 2.06. The summed E-state index contributed by atoms with van der Waals surface area (Å²) in [5.41, 5.74) is 0. The highest BCUT2D eigenvalue weighted by Gasteiger charge is 2.13. The molecular formula is C12H23N3. The van der Waals surface area contributed by atoms with Crippen LogP contribution in [0.4, 0.5) is 0 Å². The van der Waals surface area contributed by atoms with Gasteiger partial charge in [0.1, 0.15) is 5.82 Å². The van der Waals surface area contributed by atoms with Gasteiger partial charge in [-0.1, -0.05) is 26.7 Å². The van der Waals surface area contributed by atoms with Crippen LogP contribution in [-0.4, -0.2) is 15.6 Å². The molecule has 0 aliphatic rings. The second-order valence-electron chi connectivity index (χ2n) is 4.20. The highest BCUT2D eigenvalue weighted by atomic mass is 15.1. The first-order valence-electron chi connectivity index (χ1n) is 5.88. The molecule has 0 bridgehead atoms. The van der Waals surface area contributed by atoms with E-state index in [9.17, 15) is 0 Å². The molecule has 15 heavy (non-hydrogen) atoms. The number of hydrogen-bond acceptors (Lipinski definition) is 2. The number of aromatic nitrogens is 2. The van der Waals surface area contributed by atoms with E-state index in [4.69, 9.17) is 0 Å². The second-order valence-corrected chi connectivity index (χ2v) is 4.20. The van der Waals surface area contributed by atoms with Crippen molar-refractivity contribution in [2.24, 2.45) is 13.0 Å². The van der Waals surface area contributed by atoms with Crippen molar-refractivity contribution in [1.29, 1.82) is 0 Å². The molecule has 3 nitrogen and oxygen atoms in total. The Balaban J connectivity index is 2.40. The van der Waals surface area contributed by atoms with E-state index in [2.05, 4.69) is 35.6 Å². The first-order valence-corrected chi connectivity index (χ1v) is 5.88. The fraction of sp³-hybridized carbons (Fsp3) is 0.750. The summed E-state index contributed by atoms with van der Waals surface area (Å²) in [4.78, 5) is 4.30. The van der Waals surface area contributed by atoms with Crippen molar-refractivity contribution in [3.63, 3.8) is 0 Å². The highest BCUT2D eigenvalue weighted by molar-refractivity contribution is 4.91. The van der Waals surface area contributed by atoms with Crippen molar-refractivity contribution in [2.75, 3.05) is 0 Å². The molecule has 1 unspecified atom stereocenters. The van der Waals surface area contributed by atoms with E-state index in [1.165, 1.54) is 12.8 Å². The molecule has 1 heterocycles. The van der Waals surface area contributed by atoms with Crippen LogP contribution in [0.3, 0.4) is 0 Å². The maximum Gasteiger partial charge on any atom is 0.122 e. The van der Waals surface area contributed by atoms with Crippen molar-refractivity contribution in [3.05, 3.63) is 18.2 Å². The fourth-order valence-electron chi connectivity index (χ4n) is 1.98. The molecule has 0 aliphatic heterocycles. The molecule has 3 heteroatoms. The Kier molecular flexibility index (Phi) is 4.82. The summed E-state index contributed by atoms with van der Waals surface area (Å²) in [5, 5.41) is 3.54. The van der Waals surface area contributed by atoms with Crippen LogP contribution in [0.15, 0.2) is 12.4 Å². The standard InChI is InChI=1S/C12H23N3/c1-5-11(6-2)10(3)14-9-12-13-7-8-15(12)4/h7-8,10-11,14H,5-6,9H2,1-4H3. The van der Waals surface area contributed by atoms with E-state index in [1.807, 2.05) is 19.4 Å². The Morgan fingerprint density at radius 2 is 2.07 bits per heavy atom. The summed E-state index contributed by atoms with van der Waals surface area (Å²) in [6.45, 7) is 7.64. The summed E-state index contributed by atoms with van der Waals surface area (Å²) in [6, 6.07) is 0.566. The normalized spacial score (nSPS) is 13.4. The van der Waals surface area contributed by atoms with E-state index in [1.54, 1.807) is 0 Å². The van der Waals surface area contributed by atoms with Gasteiger partial charge in [0, 0.05) is 25.5 Å². The summed E-state index contributed by atoms with van der Waals surface area (Å²) in [5.74, 6) is 1.87. The molecule has 1 atom stereocenters. The lowest BCUT2D eigenvalue weighted by Gasteiger charge is -2.22. The maximum absolute atomic E-state index is 4.30. The SMILES string of the molecule is CCC(CC)C(C)NCc1nccn1C. The molecule has 0 fully saturated rings. The predicted molar refractivity (Wildman–Crippen MR) is 63.6 cm³/mol. The molecule has 1 N–H and O–H groups in total. The lowest BCUT2D eigenvalue weighted by Crippen LogP contribution is -2.33. The van der Waals surface area contributed by atoms with Gasteiger partial charge in [0.05, 0.1) is 6.54 Å². The molecule has 0 radical (unpaired) electrons. The Morgan fingerprint density at radius 1 is 1.40 bits per heavy atom. The Labute approximate surface area is 92.9 Å². The monoisotopic (exact) mass is 209 g/mol. The van der Waals surface area contributed by atoms with Crippen molar-refractivity contribution in [3.8, 4) is 0 Å². The van der Waals surface area contributed by atoms with Crippen molar-refractivity contribution >= 4 is 0 Å². The van der Waals surface area contributed by atoms with Crippen molar-refractivity contribution in [2.45, 2.75) is 46.2 Å². The quantitative estimate of drug-likeness (QED) is 0.779. The summed E-state index contributed by atoms with van der Waals surface area (Å²) in [7, 11) is 2.03. The Hall–Kier alpha value is -0.830. The lowest BCUT2D eigenvalue weighted by atomic mass is 9.95. The zero-order valence-electron chi connectivity index (χ0n) is 10.3. The molecule has 0 saturated heterocycles. The van der Waals surface area contributed by atoms with Gasteiger partial charge in [0.2, 0.25) is 0 Å². The third kappa shape index (κ3) is 3.34. The first-order chi connectivity index (χ1) is 7.19. The van der Waals surface area contributed by atoms with Crippen LogP contribution in [0.25, 0.3) is 0 Å². The molecule has 0 aromatic carbocycles. The Bertz CT molecular complexity index is 276. The number of nitrogens with one attached hydrogen (secondary N) is 1. The molecule has 0 aliphatic carbocycles. The molecule has 0 saturated carbocycles. The molecule has 1 rings (SSSR count). The zero-order valence-corrected chi connectivity index (χ0v) is 10.3. The number of imidazole rings is 1. The van der Waals surface area contributed by atoms with E-state index < -0.39 is 0 Å². The van der Waals surface area contributed by atoms with Crippen LogP contribution >= 0.6 is 0 Å². The van der Waals surface area contributed by atoms with Gasteiger partial charge in [0.25, 0.3) is 0 Å². The number of rotatable bonds is 6. The fourth-order valence-corrected chi connectivity index (χ4v) is 1.98. The molecule has 86 valence electrons. The number of aryl methyl sites for hydroxylation is 1. The van der Waals surface area contributed by atoms with Gasteiger partial charge in [-0.15, -0.1) is 0 Å². The number of hydrogen-bond donors (Lipinski definition) is 1. The van der Waals surface area contributed by atoms with Crippen LogP contribution in [0.2, 0.25) is 0 Å². The molecule has 1 aromatic heterocycles. The van der Waals surface area contributed by atoms with Gasteiger partial charge in [-0.2, -0.15) is 0 Å². The Morgan fingerprint density at radius 3 is 2.53 bits per heavy atom. The zero-order chi connectivity index (χ0) is 11.3. The molecule has 0 amide bonds.